The summed E-state index contributed by atoms with van der Waals surface area (Å²) >= 11 is 0. The second-order valence-electron chi connectivity index (χ2n) is 5.18. The Morgan fingerprint density at radius 2 is 1.70 bits per heavy atom. The van der Waals surface area contributed by atoms with E-state index in [9.17, 15) is 4.79 Å². The highest BCUT2D eigenvalue weighted by Gasteiger charge is 2.26. The van der Waals surface area contributed by atoms with Crippen LogP contribution in [0.5, 0.6) is 0 Å². The maximum atomic E-state index is 12.1. The Bertz CT molecular complexity index is 476. The maximum absolute atomic E-state index is 12.1. The van der Waals surface area contributed by atoms with Crippen molar-refractivity contribution in [3.63, 3.8) is 0 Å². The van der Waals surface area contributed by atoms with Gasteiger partial charge < -0.3 is 9.47 Å². The zero-order valence-corrected chi connectivity index (χ0v) is 13.1. The van der Waals surface area contributed by atoms with Crippen molar-refractivity contribution >= 4 is 5.97 Å². The molecule has 0 N–H and O–H groups in total. The third-order valence-corrected chi connectivity index (χ3v) is 2.69. The van der Waals surface area contributed by atoms with Crippen LogP contribution >= 0.6 is 0 Å². The highest BCUT2D eigenvalue weighted by molar-refractivity contribution is 5.79. The molecule has 0 spiro atoms. The van der Waals surface area contributed by atoms with Crippen LogP contribution in [0.1, 0.15) is 27.7 Å². The molecule has 0 rings (SSSR count). The van der Waals surface area contributed by atoms with Crippen molar-refractivity contribution in [2.75, 3.05) is 7.11 Å². The van der Waals surface area contributed by atoms with E-state index in [4.69, 9.17) is 9.47 Å². The van der Waals surface area contributed by atoms with Gasteiger partial charge >= 0.3 is 5.97 Å². The molecule has 0 aromatic rings. The number of methoxy groups -OCH3 is 1. The van der Waals surface area contributed by atoms with Gasteiger partial charge in [0.2, 0.25) is 0 Å². The molecule has 0 saturated heterocycles. The zero-order valence-electron chi connectivity index (χ0n) is 13.1. The number of esters is 1. The average molecular weight is 276 g/mol. The van der Waals surface area contributed by atoms with Gasteiger partial charge in [0.15, 0.2) is 0 Å². The topological polar surface area (TPSA) is 35.5 Å². The Kier molecular flexibility index (Phi) is 6.77. The molecule has 0 saturated carbocycles. The molecule has 0 aliphatic rings. The summed E-state index contributed by atoms with van der Waals surface area (Å²) in [6, 6.07) is 0. The van der Waals surface area contributed by atoms with Gasteiger partial charge in [-0.25, -0.2) is 0 Å². The number of hydrogen-bond donors (Lipinski definition) is 0. The number of ether oxygens (including phenoxy) is 2. The van der Waals surface area contributed by atoms with Crippen LogP contribution in [0.25, 0.3) is 0 Å². The molecule has 0 heterocycles. The zero-order chi connectivity index (χ0) is 15.9. The summed E-state index contributed by atoms with van der Waals surface area (Å²) in [6.45, 7) is 18.4. The van der Waals surface area contributed by atoms with Crippen LogP contribution < -0.4 is 0 Å². The lowest BCUT2D eigenvalue weighted by Gasteiger charge is -2.18. The standard InChI is InChI=1S/C17H24O3/c1-12(2)13(3)9-10-17(6,7)16(18)20-15(5)11-14(4)19-8/h9-11H,1,3,5H2,2,4,6-8H3. The second kappa shape index (κ2) is 7.53. The number of carbonyl (C=O) groups excluding carboxylic acids is 1. The van der Waals surface area contributed by atoms with E-state index >= 15 is 0 Å². The van der Waals surface area contributed by atoms with E-state index in [0.717, 1.165) is 11.1 Å². The molecule has 0 aromatic heterocycles. The monoisotopic (exact) mass is 276 g/mol. The molecule has 20 heavy (non-hydrogen) atoms. The molecule has 0 aliphatic heterocycles. The minimum absolute atomic E-state index is 0.245. The second-order valence-corrected chi connectivity index (χ2v) is 5.18. The Morgan fingerprint density at radius 3 is 2.15 bits per heavy atom. The number of hydrogen-bond acceptors (Lipinski definition) is 3. The highest BCUT2D eigenvalue weighted by atomic mass is 16.5. The van der Waals surface area contributed by atoms with Crippen molar-refractivity contribution in [1.82, 2.24) is 0 Å². The van der Waals surface area contributed by atoms with Crippen LogP contribution in [-0.2, 0) is 14.3 Å². The van der Waals surface area contributed by atoms with Gasteiger partial charge in [-0.15, -0.1) is 0 Å². The fourth-order valence-electron chi connectivity index (χ4n) is 1.08. The largest absolute Gasteiger partial charge is 0.501 e. The Hall–Kier alpha value is -2.03. The molecule has 0 aromatic carbocycles. The van der Waals surface area contributed by atoms with Crippen LogP contribution in [0.3, 0.4) is 0 Å². The summed E-state index contributed by atoms with van der Waals surface area (Å²) in [5.74, 6) is 0.467. The van der Waals surface area contributed by atoms with Crippen molar-refractivity contribution in [2.45, 2.75) is 27.7 Å². The summed E-state index contributed by atoms with van der Waals surface area (Å²) in [5.41, 5.74) is 0.851. The van der Waals surface area contributed by atoms with Gasteiger partial charge in [-0.05, 0) is 33.3 Å². The molecule has 0 atom stereocenters. The molecule has 3 heteroatoms. The first-order valence-corrected chi connectivity index (χ1v) is 6.27. The molecule has 0 fully saturated rings. The van der Waals surface area contributed by atoms with Gasteiger partial charge in [0.1, 0.15) is 5.76 Å². The lowest BCUT2D eigenvalue weighted by Crippen LogP contribution is -2.24. The van der Waals surface area contributed by atoms with Gasteiger partial charge in [-0.3, -0.25) is 4.79 Å². The maximum Gasteiger partial charge on any atom is 0.320 e. The van der Waals surface area contributed by atoms with E-state index in [0.29, 0.717) is 5.76 Å². The van der Waals surface area contributed by atoms with Gasteiger partial charge in [0.25, 0.3) is 0 Å². The van der Waals surface area contributed by atoms with Crippen LogP contribution in [0.2, 0.25) is 0 Å². The van der Waals surface area contributed by atoms with Gasteiger partial charge in [0, 0.05) is 6.08 Å². The van der Waals surface area contributed by atoms with Crippen molar-refractivity contribution in [3.05, 3.63) is 60.6 Å². The minimum atomic E-state index is -0.782. The molecule has 0 radical (unpaired) electrons. The van der Waals surface area contributed by atoms with Crippen molar-refractivity contribution < 1.29 is 14.3 Å². The van der Waals surface area contributed by atoms with E-state index in [1.54, 1.807) is 39.0 Å². The summed E-state index contributed by atoms with van der Waals surface area (Å²) in [7, 11) is 1.54. The molecule has 0 aliphatic carbocycles. The summed E-state index contributed by atoms with van der Waals surface area (Å²) < 4.78 is 10.2. The van der Waals surface area contributed by atoms with E-state index in [1.807, 2.05) is 6.92 Å². The first-order chi connectivity index (χ1) is 9.10. The first kappa shape index (κ1) is 18.0. The van der Waals surface area contributed by atoms with Crippen molar-refractivity contribution in [2.24, 2.45) is 5.41 Å². The SMILES string of the molecule is C=C(C=C(C)OC)OC(=O)C(C)(C)C=CC(=C)C(=C)C. The molecular weight excluding hydrogens is 252 g/mol. The predicted molar refractivity (Wildman–Crippen MR) is 82.9 cm³/mol. The number of carbonyl (C=O) groups is 1. The number of rotatable bonds is 7. The molecule has 110 valence electrons. The third-order valence-electron chi connectivity index (χ3n) is 2.69. The number of allylic oxidation sites excluding steroid dienone is 5. The Morgan fingerprint density at radius 1 is 1.15 bits per heavy atom. The lowest BCUT2D eigenvalue weighted by molar-refractivity contribution is -0.146. The minimum Gasteiger partial charge on any atom is -0.501 e. The van der Waals surface area contributed by atoms with Crippen LogP contribution in [0.15, 0.2) is 60.6 Å². The van der Waals surface area contributed by atoms with Gasteiger partial charge in [-0.2, -0.15) is 0 Å². The van der Waals surface area contributed by atoms with Crippen LogP contribution in [0, 0.1) is 5.41 Å². The van der Waals surface area contributed by atoms with Gasteiger partial charge in [0.05, 0.1) is 18.3 Å². The average Bonchev–Trinajstić information content (AvgIpc) is 2.35. The normalized spacial score (nSPS) is 12.2. The quantitative estimate of drug-likeness (QED) is 0.395. The summed E-state index contributed by atoms with van der Waals surface area (Å²) in [5, 5.41) is 0. The van der Waals surface area contributed by atoms with Crippen LogP contribution in [-0.4, -0.2) is 13.1 Å². The highest BCUT2D eigenvalue weighted by Crippen LogP contribution is 2.22. The molecule has 0 unspecified atom stereocenters. The smallest absolute Gasteiger partial charge is 0.320 e. The predicted octanol–water partition coefficient (Wildman–Crippen LogP) is 4.31. The summed E-state index contributed by atoms with van der Waals surface area (Å²) in [6.07, 6.45) is 5.07. The van der Waals surface area contributed by atoms with Crippen molar-refractivity contribution in [1.29, 1.82) is 0 Å². The van der Waals surface area contributed by atoms with Crippen LogP contribution in [0.4, 0.5) is 0 Å². The third kappa shape index (κ3) is 6.23. The lowest BCUT2D eigenvalue weighted by atomic mass is 9.92. The fraction of sp³-hybridized carbons (Fsp3) is 0.353. The molecule has 3 nitrogen and oxygen atoms in total. The van der Waals surface area contributed by atoms with E-state index in [2.05, 4.69) is 19.7 Å². The van der Waals surface area contributed by atoms with E-state index in [1.165, 1.54) is 7.11 Å². The molecule has 0 amide bonds. The first-order valence-electron chi connectivity index (χ1n) is 6.27. The Labute approximate surface area is 122 Å². The Balaban J connectivity index is 4.79. The van der Waals surface area contributed by atoms with E-state index < -0.39 is 11.4 Å². The summed E-state index contributed by atoms with van der Waals surface area (Å²) in [4.78, 5) is 12.1. The fourth-order valence-corrected chi connectivity index (χ4v) is 1.08. The van der Waals surface area contributed by atoms with E-state index in [-0.39, 0.29) is 5.76 Å². The van der Waals surface area contributed by atoms with Crippen molar-refractivity contribution in [3.8, 4) is 0 Å². The molecular formula is C17H24O3. The van der Waals surface area contributed by atoms with Gasteiger partial charge in [-0.1, -0.05) is 37.5 Å². The molecule has 0 bridgehead atoms.